The number of carbonyl (C=O) groups excluding carboxylic acids is 2. The van der Waals surface area contributed by atoms with Crippen LogP contribution in [0.1, 0.15) is 43.0 Å². The van der Waals surface area contributed by atoms with Gasteiger partial charge in [-0.2, -0.15) is 0 Å². The van der Waals surface area contributed by atoms with Gasteiger partial charge in [0.25, 0.3) is 5.91 Å². The minimum atomic E-state index is -0.233. The molecule has 5 nitrogen and oxygen atoms in total. The predicted molar refractivity (Wildman–Crippen MR) is 100 cm³/mol. The molecule has 24 heavy (non-hydrogen) atoms. The fourth-order valence-corrected chi connectivity index (χ4v) is 2.96. The van der Waals surface area contributed by atoms with E-state index >= 15 is 0 Å². The van der Waals surface area contributed by atoms with Gasteiger partial charge in [-0.3, -0.25) is 9.59 Å². The Morgan fingerprint density at radius 3 is 2.67 bits per heavy atom. The molecule has 1 aromatic carbocycles. The largest absolute Gasteiger partial charge is 0.352 e. The monoisotopic (exact) mass is 373 g/mol. The van der Waals surface area contributed by atoms with E-state index in [1.807, 2.05) is 6.92 Å². The summed E-state index contributed by atoms with van der Waals surface area (Å²) in [7, 11) is 0. The highest BCUT2D eigenvalue weighted by atomic mass is 35.5. The second-order valence-electron chi connectivity index (χ2n) is 5.83. The maximum atomic E-state index is 12.2. The molecular formula is C17H25Cl2N3O2. The average Bonchev–Trinajstić information content (AvgIpc) is 2.56. The molecule has 1 fully saturated rings. The van der Waals surface area contributed by atoms with E-state index in [9.17, 15) is 9.59 Å². The highest BCUT2D eigenvalue weighted by molar-refractivity contribution is 6.31. The minimum absolute atomic E-state index is 0. The molecule has 0 aliphatic carbocycles. The van der Waals surface area contributed by atoms with Crippen LogP contribution >= 0.6 is 24.0 Å². The Labute approximate surface area is 154 Å². The molecule has 7 heteroatoms. The highest BCUT2D eigenvalue weighted by Crippen LogP contribution is 2.22. The van der Waals surface area contributed by atoms with Crippen molar-refractivity contribution in [3.8, 4) is 0 Å². The van der Waals surface area contributed by atoms with Crippen molar-refractivity contribution in [3.63, 3.8) is 0 Å². The predicted octanol–water partition coefficient (Wildman–Crippen LogP) is 3.23. The smallest absolute Gasteiger partial charge is 0.253 e. The van der Waals surface area contributed by atoms with E-state index in [-0.39, 0.29) is 24.2 Å². The summed E-state index contributed by atoms with van der Waals surface area (Å²) in [6.07, 6.45) is 3.61. The molecule has 0 unspecified atom stereocenters. The molecule has 0 spiro atoms. The molecule has 1 saturated heterocycles. The molecule has 1 aliphatic heterocycles. The van der Waals surface area contributed by atoms with Gasteiger partial charge >= 0.3 is 0 Å². The normalized spacial score (nSPS) is 14.6. The van der Waals surface area contributed by atoms with Gasteiger partial charge in [0.05, 0.1) is 11.3 Å². The number of hydrogen-bond acceptors (Lipinski definition) is 3. The van der Waals surface area contributed by atoms with Gasteiger partial charge in [0, 0.05) is 18.0 Å². The van der Waals surface area contributed by atoms with Crippen molar-refractivity contribution < 1.29 is 9.59 Å². The van der Waals surface area contributed by atoms with Crippen LogP contribution < -0.4 is 16.0 Å². The van der Waals surface area contributed by atoms with E-state index in [1.165, 1.54) is 0 Å². The number of rotatable bonds is 6. The third-order valence-electron chi connectivity index (χ3n) is 4.08. The lowest BCUT2D eigenvalue weighted by Crippen LogP contribution is -2.28. The van der Waals surface area contributed by atoms with Crippen LogP contribution in [0.4, 0.5) is 5.69 Å². The van der Waals surface area contributed by atoms with Crippen LogP contribution in [0.5, 0.6) is 0 Å². The van der Waals surface area contributed by atoms with Crippen molar-refractivity contribution in [2.45, 2.75) is 32.6 Å². The second kappa shape index (κ2) is 10.5. The Bertz CT molecular complexity index is 561. The summed E-state index contributed by atoms with van der Waals surface area (Å²) in [5.41, 5.74) is 0.908. The molecule has 1 aliphatic rings. The van der Waals surface area contributed by atoms with Gasteiger partial charge in [0.1, 0.15) is 0 Å². The zero-order valence-electron chi connectivity index (χ0n) is 13.9. The highest BCUT2D eigenvalue weighted by Gasteiger charge is 2.17. The van der Waals surface area contributed by atoms with Crippen LogP contribution in [0.25, 0.3) is 0 Å². The first-order valence-corrected chi connectivity index (χ1v) is 8.56. The van der Waals surface area contributed by atoms with Crippen LogP contribution in [0, 0.1) is 5.92 Å². The summed E-state index contributed by atoms with van der Waals surface area (Å²) in [6, 6.07) is 4.93. The number of hydrogen-bond donors (Lipinski definition) is 3. The molecule has 0 bridgehead atoms. The van der Waals surface area contributed by atoms with Crippen molar-refractivity contribution in [1.29, 1.82) is 0 Å². The molecular weight excluding hydrogens is 349 g/mol. The van der Waals surface area contributed by atoms with E-state index in [0.717, 1.165) is 32.4 Å². The van der Waals surface area contributed by atoms with E-state index in [0.29, 0.717) is 35.2 Å². The quantitative estimate of drug-likeness (QED) is 0.716. The van der Waals surface area contributed by atoms with Gasteiger partial charge in [0.2, 0.25) is 5.91 Å². The lowest BCUT2D eigenvalue weighted by Gasteiger charge is -2.22. The van der Waals surface area contributed by atoms with Crippen molar-refractivity contribution in [1.82, 2.24) is 10.6 Å². The number of halogens is 2. The lowest BCUT2D eigenvalue weighted by atomic mass is 9.93. The van der Waals surface area contributed by atoms with E-state index in [4.69, 9.17) is 11.6 Å². The first-order chi connectivity index (χ1) is 11.1. The van der Waals surface area contributed by atoms with Crippen LogP contribution in [0.15, 0.2) is 18.2 Å². The number of carbonyl (C=O) groups is 2. The maximum Gasteiger partial charge on any atom is 0.253 e. The second-order valence-corrected chi connectivity index (χ2v) is 6.27. The summed E-state index contributed by atoms with van der Waals surface area (Å²) < 4.78 is 0. The first kappa shape index (κ1) is 20.7. The summed E-state index contributed by atoms with van der Waals surface area (Å²) in [5.74, 6) is 0.315. The number of benzene rings is 1. The molecule has 2 amide bonds. The van der Waals surface area contributed by atoms with Gasteiger partial charge in [-0.1, -0.05) is 11.6 Å². The fraction of sp³-hybridized carbons (Fsp3) is 0.529. The van der Waals surface area contributed by atoms with E-state index in [2.05, 4.69) is 16.0 Å². The van der Waals surface area contributed by atoms with Crippen LogP contribution in [-0.4, -0.2) is 31.4 Å². The van der Waals surface area contributed by atoms with Crippen LogP contribution in [0.3, 0.4) is 0 Å². The number of amides is 2. The van der Waals surface area contributed by atoms with Gasteiger partial charge < -0.3 is 16.0 Å². The standard InChI is InChI=1S/C17H24ClN3O2.ClH/c1-2-20-17(23)14-11-13(18)4-5-15(14)21-16(22)6-3-12-7-9-19-10-8-12;/h4-5,11-12,19H,2-3,6-10H2,1H3,(H,20,23)(H,21,22);1H. The summed E-state index contributed by atoms with van der Waals surface area (Å²) >= 11 is 5.96. The molecule has 134 valence electrons. The van der Waals surface area contributed by atoms with Crippen molar-refractivity contribution in [3.05, 3.63) is 28.8 Å². The van der Waals surface area contributed by atoms with Gasteiger partial charge in [-0.15, -0.1) is 12.4 Å². The number of nitrogens with one attached hydrogen (secondary N) is 3. The topological polar surface area (TPSA) is 70.2 Å². The first-order valence-electron chi connectivity index (χ1n) is 8.18. The fourth-order valence-electron chi connectivity index (χ4n) is 2.79. The van der Waals surface area contributed by atoms with E-state index < -0.39 is 0 Å². The molecule has 0 aromatic heterocycles. The molecule has 2 rings (SSSR count). The third-order valence-corrected chi connectivity index (χ3v) is 4.31. The summed E-state index contributed by atoms with van der Waals surface area (Å²) in [6.45, 7) is 4.43. The maximum absolute atomic E-state index is 12.2. The number of piperidine rings is 1. The van der Waals surface area contributed by atoms with E-state index in [1.54, 1.807) is 18.2 Å². The van der Waals surface area contributed by atoms with Crippen LogP contribution in [-0.2, 0) is 4.79 Å². The number of anilines is 1. The van der Waals surface area contributed by atoms with Gasteiger partial charge in [-0.05, 0) is 63.4 Å². The zero-order valence-corrected chi connectivity index (χ0v) is 15.4. The summed E-state index contributed by atoms with van der Waals surface area (Å²) in [4.78, 5) is 24.3. The Hall–Kier alpha value is -1.30. The van der Waals surface area contributed by atoms with Gasteiger partial charge in [0.15, 0.2) is 0 Å². The molecule has 3 N–H and O–H groups in total. The average molecular weight is 374 g/mol. The molecule has 0 atom stereocenters. The lowest BCUT2D eigenvalue weighted by molar-refractivity contribution is -0.116. The van der Waals surface area contributed by atoms with Crippen molar-refractivity contribution >= 4 is 41.5 Å². The summed E-state index contributed by atoms with van der Waals surface area (Å²) in [5, 5.41) is 9.37. The molecule has 0 saturated carbocycles. The van der Waals surface area contributed by atoms with Gasteiger partial charge in [-0.25, -0.2) is 0 Å². The Morgan fingerprint density at radius 2 is 2.00 bits per heavy atom. The molecule has 1 heterocycles. The SMILES string of the molecule is CCNC(=O)c1cc(Cl)ccc1NC(=O)CCC1CCNCC1.Cl. The Balaban J connectivity index is 0.00000288. The molecule has 0 radical (unpaired) electrons. The Kier molecular flexibility index (Phi) is 9.11. The zero-order chi connectivity index (χ0) is 16.7. The minimum Gasteiger partial charge on any atom is -0.352 e. The molecule has 1 aromatic rings. The van der Waals surface area contributed by atoms with Crippen LogP contribution in [0.2, 0.25) is 5.02 Å². The van der Waals surface area contributed by atoms with Crippen molar-refractivity contribution in [2.24, 2.45) is 5.92 Å². The van der Waals surface area contributed by atoms with Crippen molar-refractivity contribution in [2.75, 3.05) is 25.0 Å². The third kappa shape index (κ3) is 6.30. The Morgan fingerprint density at radius 1 is 1.29 bits per heavy atom.